The molecule has 1 aromatic carbocycles. The van der Waals surface area contributed by atoms with Crippen molar-refractivity contribution in [2.45, 2.75) is 37.9 Å². The van der Waals surface area contributed by atoms with Gasteiger partial charge in [-0.1, -0.05) is 0 Å². The van der Waals surface area contributed by atoms with Crippen LogP contribution in [0.5, 0.6) is 0 Å². The second-order valence-corrected chi connectivity index (χ2v) is 6.34. The van der Waals surface area contributed by atoms with E-state index >= 15 is 0 Å². The van der Waals surface area contributed by atoms with Gasteiger partial charge in [-0.05, 0) is 49.8 Å². The molecule has 144 valence electrons. The Labute approximate surface area is 153 Å². The summed E-state index contributed by atoms with van der Waals surface area (Å²) in [4.78, 5) is 11.0. The van der Waals surface area contributed by atoms with Gasteiger partial charge in [0.25, 0.3) is 0 Å². The fourth-order valence-electron chi connectivity index (χ4n) is 3.07. The second kappa shape index (κ2) is 8.13. The molecule has 6 nitrogen and oxygen atoms in total. The Balaban J connectivity index is 0.00000243. The minimum Gasteiger partial charge on any atom is -0.388 e. The number of benzene rings is 1. The highest BCUT2D eigenvalue weighted by atomic mass is 35.5. The largest absolute Gasteiger partial charge is 0.434 e. The van der Waals surface area contributed by atoms with Crippen molar-refractivity contribution in [2.24, 2.45) is 11.7 Å². The molecule has 0 unspecified atom stereocenters. The molecule has 2 aromatic rings. The molecular formula is C16H20ClF3N4O2. The molecule has 26 heavy (non-hydrogen) atoms. The number of hydrogen-bond donors (Lipinski definition) is 3. The van der Waals surface area contributed by atoms with Crippen LogP contribution in [0.3, 0.4) is 0 Å². The van der Waals surface area contributed by atoms with E-state index in [-0.39, 0.29) is 35.9 Å². The number of alkyl halides is 3. The lowest BCUT2D eigenvalue weighted by molar-refractivity contribution is -0.136. The minimum atomic E-state index is -4.48. The summed E-state index contributed by atoms with van der Waals surface area (Å²) in [5, 5.41) is 8.65. The highest BCUT2D eigenvalue weighted by molar-refractivity contribution is 5.85. The topological polar surface area (TPSA) is 96.9 Å². The van der Waals surface area contributed by atoms with E-state index in [2.05, 4.69) is 15.5 Å². The van der Waals surface area contributed by atoms with Crippen LogP contribution in [0.1, 0.15) is 31.2 Å². The molecule has 0 aliphatic heterocycles. The quantitative estimate of drug-likeness (QED) is 0.741. The van der Waals surface area contributed by atoms with Crippen LogP contribution in [0, 0.1) is 5.92 Å². The second-order valence-electron chi connectivity index (χ2n) is 6.34. The molecule has 4 N–H and O–H groups in total. The Hall–Kier alpha value is -2.00. The normalized spacial score (nSPS) is 20.5. The molecule has 10 heteroatoms. The van der Waals surface area contributed by atoms with Gasteiger partial charge < -0.3 is 15.5 Å². The molecular weight excluding hydrogens is 373 g/mol. The van der Waals surface area contributed by atoms with Crippen LogP contribution in [0.2, 0.25) is 0 Å². The zero-order valence-electron chi connectivity index (χ0n) is 13.8. The zero-order valence-corrected chi connectivity index (χ0v) is 14.6. The van der Waals surface area contributed by atoms with Crippen molar-refractivity contribution < 1.29 is 17.6 Å². The van der Waals surface area contributed by atoms with Gasteiger partial charge in [0.05, 0.1) is 5.56 Å². The molecule has 0 radical (unpaired) electrons. The molecule has 1 aromatic heterocycles. The molecule has 1 fully saturated rings. The molecule has 0 spiro atoms. The van der Waals surface area contributed by atoms with E-state index in [0.717, 1.165) is 31.7 Å². The van der Waals surface area contributed by atoms with E-state index in [1.54, 1.807) is 0 Å². The van der Waals surface area contributed by atoms with Gasteiger partial charge in [-0.3, -0.25) is 0 Å². The molecule has 1 saturated carbocycles. The maximum Gasteiger partial charge on any atom is 0.434 e. The van der Waals surface area contributed by atoms with E-state index in [1.165, 1.54) is 12.1 Å². The third kappa shape index (κ3) is 4.79. The van der Waals surface area contributed by atoms with Gasteiger partial charge in [0.1, 0.15) is 0 Å². The smallest absolute Gasteiger partial charge is 0.388 e. The van der Waals surface area contributed by atoms with E-state index in [1.807, 2.05) is 0 Å². The van der Waals surface area contributed by atoms with Crippen LogP contribution in [-0.4, -0.2) is 22.8 Å². The fraction of sp³-hybridized carbons (Fsp3) is 0.500. The zero-order chi connectivity index (χ0) is 18.0. The number of rotatable bonds is 4. The Morgan fingerprint density at radius 2 is 1.96 bits per heavy atom. The van der Waals surface area contributed by atoms with Gasteiger partial charge in [-0.2, -0.15) is 13.2 Å². The van der Waals surface area contributed by atoms with Crippen molar-refractivity contribution in [3.8, 4) is 11.5 Å². The number of halogens is 4. The Morgan fingerprint density at radius 3 is 2.54 bits per heavy atom. The van der Waals surface area contributed by atoms with Crippen molar-refractivity contribution in [3.63, 3.8) is 0 Å². The molecule has 0 amide bonds. The van der Waals surface area contributed by atoms with E-state index in [4.69, 9.17) is 10.2 Å². The van der Waals surface area contributed by atoms with Gasteiger partial charge in [0, 0.05) is 23.8 Å². The summed E-state index contributed by atoms with van der Waals surface area (Å²) >= 11 is 0. The van der Waals surface area contributed by atoms with Crippen molar-refractivity contribution in [1.29, 1.82) is 0 Å². The summed E-state index contributed by atoms with van der Waals surface area (Å²) in [5.74, 6) is -0.527. The van der Waals surface area contributed by atoms with E-state index in [9.17, 15) is 18.0 Å². The van der Waals surface area contributed by atoms with Gasteiger partial charge in [0.2, 0.25) is 5.89 Å². The van der Waals surface area contributed by atoms with Gasteiger partial charge in [0.15, 0.2) is 0 Å². The fourth-order valence-corrected chi connectivity index (χ4v) is 3.07. The maximum atomic E-state index is 13.3. The molecule has 3 rings (SSSR count). The van der Waals surface area contributed by atoms with Crippen LogP contribution < -0.4 is 16.8 Å². The molecule has 1 aliphatic carbocycles. The average molecular weight is 393 g/mol. The number of nitrogens with two attached hydrogens (primary N) is 1. The van der Waals surface area contributed by atoms with Crippen molar-refractivity contribution in [1.82, 2.24) is 10.2 Å². The number of hydrogen-bond acceptors (Lipinski definition) is 5. The molecule has 1 aliphatic rings. The SMILES string of the molecule is Cl.N[C@H]1CC[C@@H](CNc2cc(-c3n[nH]c(=O)o3)ccc2C(F)(F)F)CC1. The monoisotopic (exact) mass is 392 g/mol. The summed E-state index contributed by atoms with van der Waals surface area (Å²) in [6.45, 7) is 0.434. The number of nitrogens with one attached hydrogen (secondary N) is 2. The lowest BCUT2D eigenvalue weighted by Crippen LogP contribution is -2.29. The molecule has 0 atom stereocenters. The van der Waals surface area contributed by atoms with Gasteiger partial charge in [-0.25, -0.2) is 9.89 Å². The maximum absolute atomic E-state index is 13.3. The third-order valence-electron chi connectivity index (χ3n) is 4.48. The Bertz CT molecular complexity index is 782. The first-order chi connectivity index (χ1) is 11.8. The van der Waals surface area contributed by atoms with Crippen LogP contribution in [-0.2, 0) is 6.18 Å². The molecule has 0 saturated heterocycles. The summed E-state index contributed by atoms with van der Waals surface area (Å²) in [7, 11) is 0. The van der Waals surface area contributed by atoms with Crippen molar-refractivity contribution in [2.75, 3.05) is 11.9 Å². The number of H-pyrrole nitrogens is 1. The van der Waals surface area contributed by atoms with Crippen molar-refractivity contribution >= 4 is 18.1 Å². The van der Waals surface area contributed by atoms with Crippen LogP contribution in [0.15, 0.2) is 27.4 Å². The van der Waals surface area contributed by atoms with Crippen LogP contribution in [0.4, 0.5) is 18.9 Å². The predicted octanol–water partition coefficient (Wildman–Crippen LogP) is 3.40. The van der Waals surface area contributed by atoms with Crippen molar-refractivity contribution in [3.05, 3.63) is 34.3 Å². The lowest BCUT2D eigenvalue weighted by atomic mass is 9.86. The first-order valence-electron chi connectivity index (χ1n) is 8.09. The lowest BCUT2D eigenvalue weighted by Gasteiger charge is -2.27. The predicted molar refractivity (Wildman–Crippen MR) is 93.2 cm³/mol. The van der Waals surface area contributed by atoms with Crippen LogP contribution >= 0.6 is 12.4 Å². The van der Waals surface area contributed by atoms with E-state index in [0.29, 0.717) is 12.1 Å². The Kier molecular flexibility index (Phi) is 6.35. The molecule has 1 heterocycles. The first kappa shape index (κ1) is 20.3. The number of aromatic amines is 1. The molecule has 0 bridgehead atoms. The summed E-state index contributed by atoms with van der Waals surface area (Å²) in [6, 6.07) is 3.68. The summed E-state index contributed by atoms with van der Waals surface area (Å²) < 4.78 is 44.6. The summed E-state index contributed by atoms with van der Waals surface area (Å²) in [5.41, 5.74) is 5.34. The standard InChI is InChI=1S/C16H19F3N4O2.ClH/c17-16(18,19)12-6-3-10(14-22-23-15(24)25-14)7-13(12)21-8-9-1-4-11(20)5-2-9;/h3,6-7,9,11,21H,1-2,4-5,8,20H2,(H,23,24);1H/t9-,11+;. The first-order valence-corrected chi connectivity index (χ1v) is 8.09. The number of nitrogens with zero attached hydrogens (tertiary/aromatic N) is 1. The average Bonchev–Trinajstić information content (AvgIpc) is 3.00. The number of aromatic nitrogens is 2. The van der Waals surface area contributed by atoms with Gasteiger partial charge >= 0.3 is 11.9 Å². The highest BCUT2D eigenvalue weighted by Gasteiger charge is 2.34. The highest BCUT2D eigenvalue weighted by Crippen LogP contribution is 2.37. The van der Waals surface area contributed by atoms with E-state index < -0.39 is 17.5 Å². The minimum absolute atomic E-state index is 0. The Morgan fingerprint density at radius 1 is 1.27 bits per heavy atom. The van der Waals surface area contributed by atoms with Crippen LogP contribution in [0.25, 0.3) is 11.5 Å². The number of anilines is 1. The third-order valence-corrected chi connectivity index (χ3v) is 4.48. The summed E-state index contributed by atoms with van der Waals surface area (Å²) in [6.07, 6.45) is -0.928. The van der Waals surface area contributed by atoms with Gasteiger partial charge in [-0.15, -0.1) is 17.5 Å².